The lowest BCUT2D eigenvalue weighted by Gasteiger charge is -2.26. The first kappa shape index (κ1) is 23.4. The van der Waals surface area contributed by atoms with E-state index in [9.17, 15) is 18.0 Å². The molecule has 2 aromatic rings. The van der Waals surface area contributed by atoms with Crippen LogP contribution in [0.1, 0.15) is 47.2 Å². The van der Waals surface area contributed by atoms with E-state index in [2.05, 4.69) is 10.4 Å². The standard InChI is InChI=1S/C22H20Cl2F3N3OS/c23-15-8-9-16(17(24)12-15)18-19(13-4-6-14(7-5-13)22(25,26)27)32-21(28-18)20(31)29-30-10-2-1-3-11-30/h4-9,12,18-19H,1-3,10-11H2,(H,29,31). The second kappa shape index (κ2) is 9.63. The van der Waals surface area contributed by atoms with Gasteiger partial charge >= 0.3 is 6.18 Å². The molecule has 4 rings (SSSR count). The zero-order chi connectivity index (χ0) is 22.9. The first-order chi connectivity index (χ1) is 15.2. The molecule has 0 spiro atoms. The maximum absolute atomic E-state index is 13.0. The number of amides is 1. The normalized spacial score (nSPS) is 22.0. The Morgan fingerprint density at radius 2 is 1.75 bits per heavy atom. The van der Waals surface area contributed by atoms with Crippen LogP contribution in [0.15, 0.2) is 47.5 Å². The fourth-order valence-corrected chi connectivity index (χ4v) is 5.52. The van der Waals surface area contributed by atoms with Gasteiger partial charge in [-0.1, -0.05) is 59.6 Å². The molecule has 2 aliphatic rings. The predicted octanol–water partition coefficient (Wildman–Crippen LogP) is 6.46. The zero-order valence-corrected chi connectivity index (χ0v) is 19.2. The van der Waals surface area contributed by atoms with Gasteiger partial charge in [0.2, 0.25) is 0 Å². The molecular formula is C22H20Cl2F3N3OS. The highest BCUT2D eigenvalue weighted by Gasteiger charge is 2.38. The number of nitrogens with zero attached hydrogens (tertiary/aromatic N) is 2. The maximum Gasteiger partial charge on any atom is 0.416 e. The van der Waals surface area contributed by atoms with Gasteiger partial charge in [-0.05, 0) is 48.2 Å². The first-order valence-corrected chi connectivity index (χ1v) is 11.8. The summed E-state index contributed by atoms with van der Waals surface area (Å²) >= 11 is 13.7. The number of hydrazine groups is 1. The summed E-state index contributed by atoms with van der Waals surface area (Å²) in [6.07, 6.45) is -1.26. The molecule has 2 atom stereocenters. The number of halogens is 5. The van der Waals surface area contributed by atoms with Crippen LogP contribution >= 0.6 is 35.0 Å². The molecule has 1 fully saturated rings. The average molecular weight is 502 g/mol. The van der Waals surface area contributed by atoms with Gasteiger partial charge in [0.15, 0.2) is 5.04 Å². The second-order valence-corrected chi connectivity index (χ2v) is 9.67. The van der Waals surface area contributed by atoms with Crippen LogP contribution in [-0.2, 0) is 11.0 Å². The van der Waals surface area contributed by atoms with Gasteiger partial charge in [0, 0.05) is 23.1 Å². The van der Waals surface area contributed by atoms with Crippen molar-refractivity contribution < 1.29 is 18.0 Å². The fourth-order valence-electron chi connectivity index (χ4n) is 3.80. The predicted molar refractivity (Wildman–Crippen MR) is 122 cm³/mol. The van der Waals surface area contributed by atoms with E-state index in [0.29, 0.717) is 21.2 Å². The second-order valence-electron chi connectivity index (χ2n) is 7.69. The summed E-state index contributed by atoms with van der Waals surface area (Å²) in [4.78, 5) is 17.5. The third-order valence-electron chi connectivity index (χ3n) is 5.44. The van der Waals surface area contributed by atoms with Crippen molar-refractivity contribution in [3.8, 4) is 0 Å². The van der Waals surface area contributed by atoms with Gasteiger partial charge in [-0.15, -0.1) is 0 Å². The molecule has 4 nitrogen and oxygen atoms in total. The lowest BCUT2D eigenvalue weighted by Crippen LogP contribution is -2.46. The highest BCUT2D eigenvalue weighted by molar-refractivity contribution is 8.16. The van der Waals surface area contributed by atoms with E-state index in [0.717, 1.165) is 44.5 Å². The number of carbonyl (C=O) groups excluding carboxylic acids is 1. The van der Waals surface area contributed by atoms with Crippen molar-refractivity contribution in [2.45, 2.75) is 36.7 Å². The molecule has 0 bridgehead atoms. The summed E-state index contributed by atoms with van der Waals surface area (Å²) in [5, 5.41) is 2.60. The lowest BCUT2D eigenvalue weighted by atomic mass is 9.98. The number of thioether (sulfide) groups is 1. The van der Waals surface area contributed by atoms with Gasteiger partial charge < -0.3 is 0 Å². The van der Waals surface area contributed by atoms with Crippen molar-refractivity contribution in [3.05, 3.63) is 69.2 Å². The Balaban J connectivity index is 1.63. The van der Waals surface area contributed by atoms with Crippen molar-refractivity contribution >= 4 is 45.9 Å². The largest absolute Gasteiger partial charge is 0.416 e. The molecule has 1 N–H and O–H groups in total. The summed E-state index contributed by atoms with van der Waals surface area (Å²) in [6, 6.07) is 9.42. The Morgan fingerprint density at radius 3 is 2.38 bits per heavy atom. The fraction of sp³-hybridized carbons (Fsp3) is 0.364. The minimum Gasteiger partial charge on any atom is -0.283 e. The monoisotopic (exact) mass is 501 g/mol. The van der Waals surface area contributed by atoms with Crippen LogP contribution in [0.2, 0.25) is 10.0 Å². The molecule has 2 aromatic carbocycles. The molecule has 2 unspecified atom stereocenters. The summed E-state index contributed by atoms with van der Waals surface area (Å²) in [6.45, 7) is 1.55. The highest BCUT2D eigenvalue weighted by Crippen LogP contribution is 2.50. The van der Waals surface area contributed by atoms with Crippen molar-refractivity contribution in [2.24, 2.45) is 4.99 Å². The van der Waals surface area contributed by atoms with Gasteiger partial charge in [-0.25, -0.2) is 5.01 Å². The minimum atomic E-state index is -4.42. The molecule has 32 heavy (non-hydrogen) atoms. The minimum absolute atomic E-state index is 0.275. The van der Waals surface area contributed by atoms with Gasteiger partial charge in [0.05, 0.1) is 16.9 Å². The van der Waals surface area contributed by atoms with E-state index < -0.39 is 23.0 Å². The van der Waals surface area contributed by atoms with Crippen LogP contribution in [0.5, 0.6) is 0 Å². The van der Waals surface area contributed by atoms with Crippen LogP contribution in [0.3, 0.4) is 0 Å². The SMILES string of the molecule is O=C(NN1CCCCC1)C1=NC(c2ccc(Cl)cc2Cl)C(c2ccc(C(F)(F)F)cc2)S1. The molecule has 1 amide bonds. The van der Waals surface area contributed by atoms with Crippen LogP contribution < -0.4 is 5.43 Å². The molecule has 0 saturated carbocycles. The summed E-state index contributed by atoms with van der Waals surface area (Å²) in [5.74, 6) is -0.318. The number of benzene rings is 2. The van der Waals surface area contributed by atoms with Gasteiger partial charge in [0.1, 0.15) is 0 Å². The molecule has 0 aromatic heterocycles. The Morgan fingerprint density at radius 1 is 1.06 bits per heavy atom. The van der Waals surface area contributed by atoms with E-state index in [-0.39, 0.29) is 11.0 Å². The van der Waals surface area contributed by atoms with Gasteiger partial charge in [-0.2, -0.15) is 13.2 Å². The maximum atomic E-state index is 13.0. The third-order valence-corrected chi connectivity index (χ3v) is 7.30. The van der Waals surface area contributed by atoms with Crippen LogP contribution in [0.4, 0.5) is 13.2 Å². The molecule has 2 heterocycles. The van der Waals surface area contributed by atoms with E-state index in [4.69, 9.17) is 23.2 Å². The van der Waals surface area contributed by atoms with E-state index in [1.54, 1.807) is 18.2 Å². The number of piperidine rings is 1. The topological polar surface area (TPSA) is 44.7 Å². The van der Waals surface area contributed by atoms with E-state index >= 15 is 0 Å². The Labute approximate surface area is 198 Å². The van der Waals surface area contributed by atoms with Crippen LogP contribution in [-0.4, -0.2) is 29.0 Å². The highest BCUT2D eigenvalue weighted by atomic mass is 35.5. The number of carbonyl (C=O) groups is 1. The Bertz CT molecular complexity index is 1020. The quantitative estimate of drug-likeness (QED) is 0.522. The van der Waals surface area contributed by atoms with Gasteiger partial charge in [-0.3, -0.25) is 15.2 Å². The van der Waals surface area contributed by atoms with E-state index in [1.807, 2.05) is 5.01 Å². The molecule has 170 valence electrons. The molecular weight excluding hydrogens is 482 g/mol. The summed E-state index contributed by atoms with van der Waals surface area (Å²) in [5.41, 5.74) is 3.46. The number of rotatable bonds is 4. The van der Waals surface area contributed by atoms with Crippen LogP contribution in [0.25, 0.3) is 0 Å². The zero-order valence-electron chi connectivity index (χ0n) is 16.8. The molecule has 10 heteroatoms. The number of alkyl halides is 3. The molecule has 0 aliphatic carbocycles. The number of nitrogens with one attached hydrogen (secondary N) is 1. The third kappa shape index (κ3) is 5.25. The summed E-state index contributed by atoms with van der Waals surface area (Å²) < 4.78 is 39.0. The average Bonchev–Trinajstić information content (AvgIpc) is 3.19. The summed E-state index contributed by atoms with van der Waals surface area (Å²) in [7, 11) is 0. The number of hydrogen-bond donors (Lipinski definition) is 1. The number of aliphatic imine (C=N–C) groups is 1. The van der Waals surface area contributed by atoms with Crippen molar-refractivity contribution in [2.75, 3.05) is 13.1 Å². The van der Waals surface area contributed by atoms with Crippen molar-refractivity contribution in [1.82, 2.24) is 10.4 Å². The van der Waals surface area contributed by atoms with E-state index in [1.165, 1.54) is 23.9 Å². The Hall–Kier alpha value is -1.74. The number of hydrogen-bond acceptors (Lipinski definition) is 4. The Kier molecular flexibility index (Phi) is 7.05. The van der Waals surface area contributed by atoms with Crippen LogP contribution in [0, 0.1) is 0 Å². The van der Waals surface area contributed by atoms with Crippen molar-refractivity contribution in [3.63, 3.8) is 0 Å². The lowest BCUT2D eigenvalue weighted by molar-refractivity contribution is -0.137. The van der Waals surface area contributed by atoms with Gasteiger partial charge in [0.25, 0.3) is 5.91 Å². The molecule has 2 aliphatic heterocycles. The smallest absolute Gasteiger partial charge is 0.283 e. The molecule has 1 saturated heterocycles. The first-order valence-electron chi connectivity index (χ1n) is 10.1. The van der Waals surface area contributed by atoms with Crippen molar-refractivity contribution in [1.29, 1.82) is 0 Å². The molecule has 0 radical (unpaired) electrons.